The Morgan fingerprint density at radius 1 is 1.33 bits per heavy atom. The highest BCUT2D eigenvalue weighted by Gasteiger charge is 2.20. The number of hydrogen-bond donors (Lipinski definition) is 2. The third kappa shape index (κ3) is 3.65. The van der Waals surface area contributed by atoms with Crippen molar-refractivity contribution in [3.63, 3.8) is 0 Å². The number of hydrogen-bond acceptors (Lipinski definition) is 3. The average molecular weight is 291 g/mol. The molecule has 1 heterocycles. The van der Waals surface area contributed by atoms with E-state index in [0.717, 1.165) is 0 Å². The summed E-state index contributed by atoms with van der Waals surface area (Å²) >= 11 is 0. The number of amides is 1. The monoisotopic (exact) mass is 291 g/mol. The third-order valence-electron chi connectivity index (χ3n) is 3.01. The van der Waals surface area contributed by atoms with Gasteiger partial charge in [0.05, 0.1) is 12.5 Å². The van der Waals surface area contributed by atoms with E-state index in [0.29, 0.717) is 11.3 Å². The summed E-state index contributed by atoms with van der Waals surface area (Å²) < 4.78 is 14.3. The molecule has 2 aromatic rings. The second-order valence-electron chi connectivity index (χ2n) is 4.52. The molecule has 0 aliphatic rings. The maximum absolute atomic E-state index is 12.9. The third-order valence-corrected chi connectivity index (χ3v) is 3.01. The van der Waals surface area contributed by atoms with Gasteiger partial charge in [-0.3, -0.25) is 14.3 Å². The fraction of sp³-hybridized carbons (Fsp3) is 0.214. The summed E-state index contributed by atoms with van der Waals surface area (Å²) in [4.78, 5) is 23.1. The number of halogens is 1. The van der Waals surface area contributed by atoms with Crippen LogP contribution in [-0.4, -0.2) is 26.8 Å². The molecule has 6 nitrogen and oxygen atoms in total. The summed E-state index contributed by atoms with van der Waals surface area (Å²) in [5, 5.41) is 15.5. The molecule has 2 N–H and O–H groups in total. The molecule has 0 radical (unpaired) electrons. The van der Waals surface area contributed by atoms with Crippen molar-refractivity contribution in [3.8, 4) is 0 Å². The standard InChI is InChI=1S/C14H14FN3O3/c1-18-12(6-7-16-18)14(21)17-11(8-13(19)20)9-2-4-10(15)5-3-9/h2-7,11H,8H2,1H3,(H,17,21)(H,19,20)/t11-/m1/s1. The quantitative estimate of drug-likeness (QED) is 0.874. The van der Waals surface area contributed by atoms with Gasteiger partial charge >= 0.3 is 5.97 Å². The lowest BCUT2D eigenvalue weighted by molar-refractivity contribution is -0.137. The predicted octanol–water partition coefficient (Wildman–Crippen LogP) is 1.51. The van der Waals surface area contributed by atoms with Gasteiger partial charge in [0.15, 0.2) is 0 Å². The minimum atomic E-state index is -1.06. The second-order valence-corrected chi connectivity index (χ2v) is 4.52. The van der Waals surface area contributed by atoms with Crippen molar-refractivity contribution in [3.05, 3.63) is 53.6 Å². The van der Waals surface area contributed by atoms with Crippen LogP contribution in [0.15, 0.2) is 36.5 Å². The van der Waals surface area contributed by atoms with Crippen LogP contribution in [0.5, 0.6) is 0 Å². The Bertz CT molecular complexity index is 652. The van der Waals surface area contributed by atoms with Crippen molar-refractivity contribution in [2.75, 3.05) is 0 Å². The van der Waals surface area contributed by atoms with E-state index in [-0.39, 0.29) is 6.42 Å². The van der Waals surface area contributed by atoms with E-state index < -0.39 is 23.7 Å². The first-order valence-electron chi connectivity index (χ1n) is 6.23. The van der Waals surface area contributed by atoms with Crippen LogP contribution in [0, 0.1) is 5.82 Å². The van der Waals surface area contributed by atoms with E-state index in [9.17, 15) is 14.0 Å². The second kappa shape index (κ2) is 6.17. The molecule has 21 heavy (non-hydrogen) atoms. The molecule has 1 aromatic heterocycles. The smallest absolute Gasteiger partial charge is 0.305 e. The van der Waals surface area contributed by atoms with Crippen LogP contribution in [0.2, 0.25) is 0 Å². The van der Waals surface area contributed by atoms with Gasteiger partial charge in [-0.25, -0.2) is 4.39 Å². The van der Waals surface area contributed by atoms with Crippen LogP contribution in [0.1, 0.15) is 28.5 Å². The van der Waals surface area contributed by atoms with Crippen molar-refractivity contribution in [1.29, 1.82) is 0 Å². The summed E-state index contributed by atoms with van der Waals surface area (Å²) in [6.45, 7) is 0. The number of carbonyl (C=O) groups is 2. The van der Waals surface area contributed by atoms with Crippen molar-refractivity contribution in [2.45, 2.75) is 12.5 Å². The maximum Gasteiger partial charge on any atom is 0.305 e. The molecule has 0 saturated heterocycles. The Morgan fingerprint density at radius 2 is 2.00 bits per heavy atom. The highest BCUT2D eigenvalue weighted by atomic mass is 19.1. The number of aliphatic carboxylic acids is 1. The number of rotatable bonds is 5. The summed E-state index contributed by atoms with van der Waals surface area (Å²) in [5.41, 5.74) is 0.835. The zero-order chi connectivity index (χ0) is 15.4. The van der Waals surface area contributed by atoms with Crippen LogP contribution in [0.25, 0.3) is 0 Å². The van der Waals surface area contributed by atoms with Gasteiger partial charge in [0, 0.05) is 13.2 Å². The van der Waals surface area contributed by atoms with Gasteiger partial charge in [-0.15, -0.1) is 0 Å². The van der Waals surface area contributed by atoms with Crippen LogP contribution in [0.3, 0.4) is 0 Å². The summed E-state index contributed by atoms with van der Waals surface area (Å²) in [5.74, 6) is -1.93. The van der Waals surface area contributed by atoms with Crippen molar-refractivity contribution < 1.29 is 19.1 Å². The number of aryl methyl sites for hydroxylation is 1. The summed E-state index contributed by atoms with van der Waals surface area (Å²) in [6.07, 6.45) is 1.17. The van der Waals surface area contributed by atoms with Crippen molar-refractivity contribution >= 4 is 11.9 Å². The number of aromatic nitrogens is 2. The lowest BCUT2D eigenvalue weighted by atomic mass is 10.0. The molecule has 0 aliphatic heterocycles. The molecule has 0 saturated carbocycles. The zero-order valence-corrected chi connectivity index (χ0v) is 11.3. The van der Waals surface area contributed by atoms with E-state index in [2.05, 4.69) is 10.4 Å². The number of nitrogens with zero attached hydrogens (tertiary/aromatic N) is 2. The van der Waals surface area contributed by atoms with Gasteiger partial charge in [-0.1, -0.05) is 12.1 Å². The number of benzene rings is 1. The molecular formula is C14H14FN3O3. The lowest BCUT2D eigenvalue weighted by Gasteiger charge is -2.17. The van der Waals surface area contributed by atoms with E-state index in [4.69, 9.17) is 5.11 Å². The van der Waals surface area contributed by atoms with Gasteiger partial charge in [0.25, 0.3) is 5.91 Å². The highest BCUT2D eigenvalue weighted by Crippen LogP contribution is 2.18. The number of carboxylic acids is 1. The first-order chi connectivity index (χ1) is 9.97. The largest absolute Gasteiger partial charge is 0.481 e. The van der Waals surface area contributed by atoms with Gasteiger partial charge in [-0.05, 0) is 23.8 Å². The predicted molar refractivity (Wildman–Crippen MR) is 72.1 cm³/mol. The molecule has 0 aliphatic carbocycles. The molecule has 0 spiro atoms. The van der Waals surface area contributed by atoms with Crippen molar-refractivity contribution in [2.24, 2.45) is 7.05 Å². The molecule has 0 fully saturated rings. The lowest BCUT2D eigenvalue weighted by Crippen LogP contribution is -2.31. The molecule has 1 atom stereocenters. The van der Waals surface area contributed by atoms with E-state index >= 15 is 0 Å². The SMILES string of the molecule is Cn1nccc1C(=O)N[C@H](CC(=O)O)c1ccc(F)cc1. The Hall–Kier alpha value is -2.70. The zero-order valence-electron chi connectivity index (χ0n) is 11.3. The molecular weight excluding hydrogens is 277 g/mol. The van der Waals surface area contributed by atoms with E-state index in [1.54, 1.807) is 7.05 Å². The summed E-state index contributed by atoms with van der Waals surface area (Å²) in [6, 6.07) is 6.13. The summed E-state index contributed by atoms with van der Waals surface area (Å²) in [7, 11) is 1.61. The van der Waals surface area contributed by atoms with Gasteiger partial charge in [0.1, 0.15) is 11.5 Å². The van der Waals surface area contributed by atoms with Gasteiger partial charge in [-0.2, -0.15) is 5.10 Å². The van der Waals surface area contributed by atoms with Crippen LogP contribution >= 0.6 is 0 Å². The van der Waals surface area contributed by atoms with E-state index in [1.807, 2.05) is 0 Å². The molecule has 110 valence electrons. The fourth-order valence-electron chi connectivity index (χ4n) is 1.95. The normalized spacial score (nSPS) is 11.9. The topological polar surface area (TPSA) is 84.2 Å². The Kier molecular flexibility index (Phi) is 4.32. The maximum atomic E-state index is 12.9. The van der Waals surface area contributed by atoms with Crippen LogP contribution in [-0.2, 0) is 11.8 Å². The van der Waals surface area contributed by atoms with Crippen molar-refractivity contribution in [1.82, 2.24) is 15.1 Å². The first-order valence-corrected chi connectivity index (χ1v) is 6.23. The van der Waals surface area contributed by atoms with Gasteiger partial charge in [0.2, 0.25) is 0 Å². The average Bonchev–Trinajstić information content (AvgIpc) is 2.84. The first kappa shape index (κ1) is 14.7. The highest BCUT2D eigenvalue weighted by molar-refractivity contribution is 5.93. The molecule has 1 amide bonds. The molecule has 7 heteroatoms. The number of nitrogens with one attached hydrogen (secondary N) is 1. The van der Waals surface area contributed by atoms with E-state index in [1.165, 1.54) is 41.2 Å². The molecule has 0 bridgehead atoms. The van der Waals surface area contributed by atoms with Gasteiger partial charge < -0.3 is 10.4 Å². The minimum absolute atomic E-state index is 0.296. The fourth-order valence-corrected chi connectivity index (χ4v) is 1.95. The van der Waals surface area contributed by atoms with Crippen LogP contribution in [0.4, 0.5) is 4.39 Å². The molecule has 2 rings (SSSR count). The van der Waals surface area contributed by atoms with Crippen LogP contribution < -0.4 is 5.32 Å². The number of carboxylic acid groups (broad SMARTS) is 1. The number of carbonyl (C=O) groups excluding carboxylic acids is 1. The minimum Gasteiger partial charge on any atom is -0.481 e. The Labute approximate surface area is 120 Å². The molecule has 0 unspecified atom stereocenters. The Balaban J connectivity index is 2.20. The molecule has 1 aromatic carbocycles. The Morgan fingerprint density at radius 3 is 2.52 bits per heavy atom.